The summed E-state index contributed by atoms with van der Waals surface area (Å²) in [7, 11) is -3.31. The Labute approximate surface area is 169 Å². The molecule has 11 heteroatoms. The number of hydrogen-bond acceptors (Lipinski definition) is 7. The number of thiazole rings is 2. The molecular weight excluding hydrogens is 418 g/mol. The van der Waals surface area contributed by atoms with Gasteiger partial charge in [-0.05, 0) is 12.1 Å². The number of aromatic nitrogens is 3. The molecule has 0 aliphatic heterocycles. The van der Waals surface area contributed by atoms with Gasteiger partial charge in [-0.15, -0.1) is 22.7 Å². The zero-order valence-corrected chi connectivity index (χ0v) is 17.1. The number of hydrogen-bond donors (Lipinski definition) is 2. The number of benzene rings is 1. The van der Waals surface area contributed by atoms with Crippen LogP contribution in [0, 0.1) is 0 Å². The first-order chi connectivity index (χ1) is 13.4. The lowest BCUT2D eigenvalue weighted by Gasteiger charge is -2.04. The van der Waals surface area contributed by atoms with Gasteiger partial charge in [0, 0.05) is 34.4 Å². The predicted octanol–water partition coefficient (Wildman–Crippen LogP) is 3.07. The lowest BCUT2D eigenvalue weighted by molar-refractivity contribution is -0.115. The smallest absolute Gasteiger partial charge is 0.232 e. The minimum atomic E-state index is -3.31. The van der Waals surface area contributed by atoms with Gasteiger partial charge in [0.05, 0.1) is 24.1 Å². The number of rotatable bonds is 6. The minimum absolute atomic E-state index is 0.176. The summed E-state index contributed by atoms with van der Waals surface area (Å²) in [5, 5.41) is 7.06. The van der Waals surface area contributed by atoms with Gasteiger partial charge in [0.2, 0.25) is 15.9 Å². The Bertz CT molecular complexity index is 1210. The molecule has 1 aromatic carbocycles. The van der Waals surface area contributed by atoms with Crippen molar-refractivity contribution in [3.8, 4) is 11.3 Å². The van der Waals surface area contributed by atoms with Gasteiger partial charge in [-0.2, -0.15) is 0 Å². The molecule has 0 radical (unpaired) electrons. The van der Waals surface area contributed by atoms with Crippen molar-refractivity contribution in [2.75, 3.05) is 16.3 Å². The van der Waals surface area contributed by atoms with Crippen molar-refractivity contribution in [2.24, 2.45) is 0 Å². The van der Waals surface area contributed by atoms with Crippen molar-refractivity contribution in [1.29, 1.82) is 0 Å². The van der Waals surface area contributed by atoms with Crippen molar-refractivity contribution in [2.45, 2.75) is 6.42 Å². The summed E-state index contributed by atoms with van der Waals surface area (Å²) >= 11 is 2.84. The van der Waals surface area contributed by atoms with Gasteiger partial charge in [0.15, 0.2) is 10.1 Å². The Hall–Kier alpha value is -2.76. The number of carbonyl (C=O) groups is 1. The molecule has 4 rings (SSSR count). The van der Waals surface area contributed by atoms with Crippen LogP contribution in [0.5, 0.6) is 0 Å². The molecule has 2 N–H and O–H groups in total. The molecule has 144 valence electrons. The standard InChI is InChI=1S/C17H15N5O3S3/c1-28(24,25)21-12-4-2-11(3-5-12)14-10-27-16(19-14)20-15(23)8-13-9-22-6-7-26-17(22)18-13/h2-7,9-10,21H,8H2,1H3,(H,19,20,23). The summed E-state index contributed by atoms with van der Waals surface area (Å²) in [4.78, 5) is 21.9. The van der Waals surface area contributed by atoms with Crippen LogP contribution >= 0.6 is 22.7 Å². The van der Waals surface area contributed by atoms with Gasteiger partial charge in [-0.25, -0.2) is 18.4 Å². The van der Waals surface area contributed by atoms with Gasteiger partial charge >= 0.3 is 0 Å². The molecule has 3 aromatic heterocycles. The third kappa shape index (κ3) is 4.38. The molecule has 0 saturated carbocycles. The fraction of sp³-hybridized carbons (Fsp3) is 0.118. The maximum atomic E-state index is 12.2. The van der Waals surface area contributed by atoms with Gasteiger partial charge < -0.3 is 5.32 Å². The first kappa shape index (κ1) is 18.6. The van der Waals surface area contributed by atoms with Crippen molar-refractivity contribution >= 4 is 54.4 Å². The normalized spacial score (nSPS) is 11.6. The fourth-order valence-corrected chi connectivity index (χ4v) is 4.60. The van der Waals surface area contributed by atoms with Crippen molar-refractivity contribution in [1.82, 2.24) is 14.4 Å². The number of nitrogens with zero attached hydrogens (tertiary/aromatic N) is 3. The van der Waals surface area contributed by atoms with Crippen molar-refractivity contribution in [3.05, 3.63) is 53.1 Å². The van der Waals surface area contributed by atoms with Crippen LogP contribution in [0.1, 0.15) is 5.69 Å². The highest BCUT2D eigenvalue weighted by Gasteiger charge is 2.12. The molecule has 0 aliphatic rings. The van der Waals surface area contributed by atoms with E-state index in [-0.39, 0.29) is 12.3 Å². The largest absolute Gasteiger partial charge is 0.302 e. The predicted molar refractivity (Wildman–Crippen MR) is 111 cm³/mol. The Morgan fingerprint density at radius 3 is 2.68 bits per heavy atom. The van der Waals surface area contributed by atoms with Crippen LogP contribution in [0.2, 0.25) is 0 Å². The summed E-state index contributed by atoms with van der Waals surface area (Å²) in [6.45, 7) is 0. The molecule has 8 nitrogen and oxygen atoms in total. The highest BCUT2D eigenvalue weighted by Crippen LogP contribution is 2.26. The highest BCUT2D eigenvalue weighted by atomic mass is 32.2. The topological polar surface area (TPSA) is 105 Å². The number of sulfonamides is 1. The van der Waals surface area contributed by atoms with Crippen LogP contribution in [0.25, 0.3) is 16.2 Å². The van der Waals surface area contributed by atoms with Crippen LogP contribution in [0.15, 0.2) is 47.4 Å². The molecule has 0 aliphatic carbocycles. The number of fused-ring (bicyclic) bond motifs is 1. The van der Waals surface area contributed by atoms with Crippen molar-refractivity contribution in [3.63, 3.8) is 0 Å². The average molecular weight is 434 g/mol. The SMILES string of the molecule is CS(=O)(=O)Nc1ccc(-c2csc(NC(=O)Cc3cn4ccsc4n3)n2)cc1. The van der Waals surface area contributed by atoms with E-state index in [4.69, 9.17) is 0 Å². The molecule has 0 spiro atoms. The number of imidazole rings is 1. The Morgan fingerprint density at radius 2 is 1.96 bits per heavy atom. The zero-order chi connectivity index (χ0) is 19.7. The average Bonchev–Trinajstić information content (AvgIpc) is 3.30. The van der Waals surface area contributed by atoms with E-state index in [1.807, 2.05) is 27.6 Å². The molecule has 0 fully saturated rings. The first-order valence-corrected chi connectivity index (χ1v) is 11.8. The molecule has 3 heterocycles. The van der Waals surface area contributed by atoms with E-state index in [0.29, 0.717) is 22.2 Å². The summed E-state index contributed by atoms with van der Waals surface area (Å²) in [6, 6.07) is 6.87. The Morgan fingerprint density at radius 1 is 1.18 bits per heavy atom. The van der Waals surface area contributed by atoms with E-state index < -0.39 is 10.0 Å². The number of anilines is 2. The molecule has 4 aromatic rings. The van der Waals surface area contributed by atoms with Crippen LogP contribution in [-0.4, -0.2) is 34.9 Å². The second-order valence-electron chi connectivity index (χ2n) is 6.04. The number of carbonyl (C=O) groups excluding carboxylic acids is 1. The second-order valence-corrected chi connectivity index (χ2v) is 9.52. The van der Waals surface area contributed by atoms with Crippen LogP contribution in [0.4, 0.5) is 10.8 Å². The molecule has 0 bridgehead atoms. The van der Waals surface area contributed by atoms with E-state index in [1.165, 1.54) is 22.7 Å². The van der Waals surface area contributed by atoms with E-state index in [9.17, 15) is 13.2 Å². The molecule has 0 atom stereocenters. The molecule has 28 heavy (non-hydrogen) atoms. The monoisotopic (exact) mass is 433 g/mol. The summed E-state index contributed by atoms with van der Waals surface area (Å²) in [5.74, 6) is -0.181. The van der Waals surface area contributed by atoms with Crippen LogP contribution < -0.4 is 10.0 Å². The Balaban J connectivity index is 1.40. The third-order valence-electron chi connectivity index (χ3n) is 3.72. The minimum Gasteiger partial charge on any atom is -0.302 e. The second kappa shape index (κ2) is 7.34. The quantitative estimate of drug-likeness (QED) is 0.486. The fourth-order valence-electron chi connectivity index (χ4n) is 2.58. The van der Waals surface area contributed by atoms with Crippen molar-refractivity contribution < 1.29 is 13.2 Å². The lowest BCUT2D eigenvalue weighted by Crippen LogP contribution is -2.14. The summed E-state index contributed by atoms with van der Waals surface area (Å²) in [6.07, 6.45) is 5.02. The van der Waals surface area contributed by atoms with E-state index >= 15 is 0 Å². The molecule has 0 unspecified atom stereocenters. The summed E-state index contributed by atoms with van der Waals surface area (Å²) < 4.78 is 26.8. The van der Waals surface area contributed by atoms with E-state index in [2.05, 4.69) is 20.0 Å². The Kier molecular flexibility index (Phi) is 4.87. The van der Waals surface area contributed by atoms with E-state index in [1.54, 1.807) is 24.3 Å². The zero-order valence-electron chi connectivity index (χ0n) is 14.6. The molecular formula is C17H15N5O3S3. The maximum Gasteiger partial charge on any atom is 0.232 e. The number of amides is 1. The van der Waals surface area contributed by atoms with E-state index in [0.717, 1.165) is 16.8 Å². The van der Waals surface area contributed by atoms with Gasteiger partial charge in [-0.3, -0.25) is 13.9 Å². The van der Waals surface area contributed by atoms with Gasteiger partial charge in [-0.1, -0.05) is 12.1 Å². The van der Waals surface area contributed by atoms with Gasteiger partial charge in [0.1, 0.15) is 0 Å². The molecule has 1 amide bonds. The van der Waals surface area contributed by atoms with Crippen LogP contribution in [0.3, 0.4) is 0 Å². The maximum absolute atomic E-state index is 12.2. The third-order valence-corrected chi connectivity index (χ3v) is 5.85. The number of nitrogens with one attached hydrogen (secondary N) is 2. The summed E-state index contributed by atoms with van der Waals surface area (Å²) in [5.41, 5.74) is 2.71. The molecule has 0 saturated heterocycles. The van der Waals surface area contributed by atoms with Gasteiger partial charge in [0.25, 0.3) is 0 Å². The van der Waals surface area contributed by atoms with Crippen LogP contribution in [-0.2, 0) is 21.2 Å². The highest BCUT2D eigenvalue weighted by molar-refractivity contribution is 7.92. The lowest BCUT2D eigenvalue weighted by atomic mass is 10.1. The first-order valence-electron chi connectivity index (χ1n) is 8.10.